The Morgan fingerprint density at radius 2 is 2.13 bits per heavy atom. The number of nitrogens with zero attached hydrogens (tertiary/aromatic N) is 4. The summed E-state index contributed by atoms with van der Waals surface area (Å²) in [5, 5.41) is 14.2. The number of carbonyl (C=O) groups is 1. The number of thiazole rings is 2. The Bertz CT molecular complexity index is 1190. The van der Waals surface area contributed by atoms with Gasteiger partial charge in [-0.25, -0.2) is 19.9 Å². The average molecular weight is 439 g/mol. The van der Waals surface area contributed by atoms with Crippen LogP contribution in [0.25, 0.3) is 10.2 Å². The number of aromatic nitrogens is 2. The van der Waals surface area contributed by atoms with E-state index in [9.17, 15) is 9.90 Å². The van der Waals surface area contributed by atoms with E-state index in [1.165, 1.54) is 35.3 Å². The Morgan fingerprint density at radius 3 is 2.90 bits per heavy atom. The van der Waals surface area contributed by atoms with Gasteiger partial charge in [0.2, 0.25) is 5.13 Å². The lowest BCUT2D eigenvalue weighted by atomic mass is 10.0. The molecule has 0 spiro atoms. The number of rotatable bonds is 5. The molecule has 3 aromatic rings. The zero-order valence-electron chi connectivity index (χ0n) is 15.8. The number of carboxylic acid groups (broad SMARTS) is 1. The number of carboxylic acids is 1. The number of hydrazine groups is 2. The van der Waals surface area contributed by atoms with Crippen LogP contribution in [-0.4, -0.2) is 32.7 Å². The number of allylic oxidation sites excluding steroid dienone is 1. The van der Waals surface area contributed by atoms with Gasteiger partial charge in [0.15, 0.2) is 10.8 Å². The second-order valence-corrected chi connectivity index (χ2v) is 9.36. The number of hydrogen-bond acceptors (Lipinski definition) is 9. The highest BCUT2D eigenvalue weighted by Crippen LogP contribution is 2.46. The zero-order chi connectivity index (χ0) is 20.2. The van der Waals surface area contributed by atoms with E-state index in [0.717, 1.165) is 34.1 Å². The topological polar surface area (TPSA) is 93.6 Å². The Labute approximate surface area is 180 Å². The van der Waals surface area contributed by atoms with E-state index in [1.807, 2.05) is 23.3 Å². The molecule has 2 aliphatic heterocycles. The third-order valence-electron chi connectivity index (χ3n) is 5.45. The largest absolute Gasteiger partial charge is 0.476 e. The average Bonchev–Trinajstić information content (AvgIpc) is 3.13. The maximum atomic E-state index is 11.3. The molecule has 10 heteroatoms. The lowest BCUT2D eigenvalue weighted by Crippen LogP contribution is -2.44. The summed E-state index contributed by atoms with van der Waals surface area (Å²) >= 11 is 2.96. The van der Waals surface area contributed by atoms with Gasteiger partial charge in [0, 0.05) is 23.7 Å². The van der Waals surface area contributed by atoms with Gasteiger partial charge in [-0.05, 0) is 42.9 Å². The number of aromatic carboxylic acids is 1. The molecule has 1 fully saturated rings. The standard InChI is InChI=1S/C20H18N6O2S2/c27-18(28)15-10-29-20(22-15)25-8-7-12-13(11-5-6-11)9-26(23-17(12)25)24-19-21-14-3-1-2-4-16(14)30-19/h1-4,9-11,23H,5-8H2,(H,21,24)(H,27,28). The van der Waals surface area contributed by atoms with Crippen molar-refractivity contribution in [1.29, 1.82) is 0 Å². The predicted octanol–water partition coefficient (Wildman–Crippen LogP) is 4.01. The molecule has 1 aliphatic carbocycles. The van der Waals surface area contributed by atoms with Gasteiger partial charge in [-0.3, -0.25) is 10.9 Å². The molecule has 0 radical (unpaired) electrons. The molecule has 152 valence electrons. The monoisotopic (exact) mass is 438 g/mol. The number of hydrogen-bond donors (Lipinski definition) is 3. The fourth-order valence-corrected chi connectivity index (χ4v) is 5.59. The second kappa shape index (κ2) is 6.71. The first-order chi connectivity index (χ1) is 14.7. The van der Waals surface area contributed by atoms with E-state index in [1.54, 1.807) is 16.7 Å². The lowest BCUT2D eigenvalue weighted by molar-refractivity contribution is 0.0691. The minimum absolute atomic E-state index is 0.0854. The number of nitrogens with one attached hydrogen (secondary N) is 2. The molecule has 30 heavy (non-hydrogen) atoms. The fraction of sp³-hybridized carbons (Fsp3) is 0.250. The highest BCUT2D eigenvalue weighted by atomic mass is 32.1. The Kier molecular flexibility index (Phi) is 3.96. The van der Waals surface area contributed by atoms with Gasteiger partial charge in [0.25, 0.3) is 0 Å². The molecular weight excluding hydrogens is 420 g/mol. The molecule has 0 atom stereocenters. The van der Waals surface area contributed by atoms with Gasteiger partial charge >= 0.3 is 5.97 Å². The summed E-state index contributed by atoms with van der Waals surface area (Å²) in [4.78, 5) is 22.3. The van der Waals surface area contributed by atoms with Crippen LogP contribution in [-0.2, 0) is 0 Å². The van der Waals surface area contributed by atoms with E-state index < -0.39 is 5.97 Å². The number of fused-ring (bicyclic) bond motifs is 1. The van der Waals surface area contributed by atoms with E-state index in [2.05, 4.69) is 38.0 Å². The minimum atomic E-state index is -1.000. The van der Waals surface area contributed by atoms with E-state index in [-0.39, 0.29) is 5.69 Å². The smallest absolute Gasteiger partial charge is 0.355 e. The quantitative estimate of drug-likeness (QED) is 0.550. The Morgan fingerprint density at radius 1 is 1.27 bits per heavy atom. The van der Waals surface area contributed by atoms with Crippen molar-refractivity contribution in [3.8, 4) is 0 Å². The maximum Gasteiger partial charge on any atom is 0.355 e. The van der Waals surface area contributed by atoms with Crippen molar-refractivity contribution in [2.45, 2.75) is 19.3 Å². The third-order valence-corrected chi connectivity index (χ3v) is 7.26. The molecule has 1 aromatic carbocycles. The first kappa shape index (κ1) is 17.7. The summed E-state index contributed by atoms with van der Waals surface area (Å²) < 4.78 is 1.13. The first-order valence-corrected chi connectivity index (χ1v) is 11.4. The zero-order valence-corrected chi connectivity index (χ0v) is 17.5. The van der Waals surface area contributed by atoms with Crippen molar-refractivity contribution in [1.82, 2.24) is 20.5 Å². The normalized spacial score (nSPS) is 18.5. The van der Waals surface area contributed by atoms with Gasteiger partial charge in [0.1, 0.15) is 5.82 Å². The van der Waals surface area contributed by atoms with Gasteiger partial charge in [-0.15, -0.1) is 11.3 Å². The van der Waals surface area contributed by atoms with Crippen LogP contribution < -0.4 is 15.8 Å². The molecule has 6 rings (SSSR count). The summed E-state index contributed by atoms with van der Waals surface area (Å²) in [5.74, 6) is 0.557. The van der Waals surface area contributed by atoms with Crippen molar-refractivity contribution >= 4 is 49.1 Å². The van der Waals surface area contributed by atoms with Crippen LogP contribution in [0.3, 0.4) is 0 Å². The first-order valence-electron chi connectivity index (χ1n) is 9.75. The molecule has 0 saturated heterocycles. The van der Waals surface area contributed by atoms with Crippen LogP contribution in [0, 0.1) is 5.92 Å². The molecule has 0 unspecified atom stereocenters. The molecule has 0 amide bonds. The summed E-state index contributed by atoms with van der Waals surface area (Å²) in [6, 6.07) is 8.08. The van der Waals surface area contributed by atoms with Crippen molar-refractivity contribution in [2.75, 3.05) is 16.9 Å². The summed E-state index contributed by atoms with van der Waals surface area (Å²) in [5.41, 5.74) is 10.5. The fourth-order valence-electron chi connectivity index (χ4n) is 3.90. The van der Waals surface area contributed by atoms with Gasteiger partial charge in [-0.1, -0.05) is 23.5 Å². The van der Waals surface area contributed by atoms with Gasteiger partial charge < -0.3 is 10.0 Å². The highest BCUT2D eigenvalue weighted by molar-refractivity contribution is 7.22. The third kappa shape index (κ3) is 2.99. The van der Waals surface area contributed by atoms with Gasteiger partial charge in [0.05, 0.1) is 10.2 Å². The van der Waals surface area contributed by atoms with Crippen LogP contribution >= 0.6 is 22.7 Å². The molecular formula is C20H18N6O2S2. The van der Waals surface area contributed by atoms with Crippen LogP contribution in [0.5, 0.6) is 0 Å². The molecule has 2 aromatic heterocycles. The minimum Gasteiger partial charge on any atom is -0.476 e. The highest BCUT2D eigenvalue weighted by Gasteiger charge is 2.38. The molecule has 4 heterocycles. The van der Waals surface area contributed by atoms with Crippen molar-refractivity contribution in [3.63, 3.8) is 0 Å². The molecule has 8 nitrogen and oxygen atoms in total. The van der Waals surface area contributed by atoms with Crippen LogP contribution in [0.2, 0.25) is 0 Å². The second-order valence-electron chi connectivity index (χ2n) is 7.49. The molecule has 3 N–H and O–H groups in total. The van der Waals surface area contributed by atoms with E-state index in [4.69, 9.17) is 0 Å². The summed E-state index contributed by atoms with van der Waals surface area (Å²) in [7, 11) is 0. The van der Waals surface area contributed by atoms with E-state index in [0.29, 0.717) is 11.0 Å². The van der Waals surface area contributed by atoms with Crippen molar-refractivity contribution in [3.05, 3.63) is 58.5 Å². The summed E-state index contributed by atoms with van der Waals surface area (Å²) in [6.45, 7) is 0.781. The van der Waals surface area contributed by atoms with Crippen LogP contribution in [0.4, 0.5) is 10.3 Å². The number of benzene rings is 1. The molecule has 3 aliphatic rings. The Hall–Kier alpha value is -3.11. The molecule has 1 saturated carbocycles. The Balaban J connectivity index is 1.31. The van der Waals surface area contributed by atoms with Crippen molar-refractivity contribution in [2.24, 2.45) is 5.92 Å². The number of anilines is 2. The summed E-state index contributed by atoms with van der Waals surface area (Å²) in [6.07, 6.45) is 5.47. The maximum absolute atomic E-state index is 11.3. The SMILES string of the molecule is O=C(O)c1csc(N2CCC3=C2NN(Nc2nc4ccccc4s2)C=C3C2CC2)n1. The van der Waals surface area contributed by atoms with Gasteiger partial charge in [-0.2, -0.15) is 0 Å². The van der Waals surface area contributed by atoms with Crippen LogP contribution in [0.1, 0.15) is 29.8 Å². The van der Waals surface area contributed by atoms with Crippen LogP contribution in [0.15, 0.2) is 52.8 Å². The number of para-hydroxylation sites is 1. The van der Waals surface area contributed by atoms with Crippen molar-refractivity contribution < 1.29 is 9.90 Å². The lowest BCUT2D eigenvalue weighted by Gasteiger charge is -2.32. The molecule has 0 bridgehead atoms. The van der Waals surface area contributed by atoms with E-state index >= 15 is 0 Å². The predicted molar refractivity (Wildman–Crippen MR) is 117 cm³/mol.